The van der Waals surface area contributed by atoms with E-state index in [1.54, 1.807) is 0 Å². The van der Waals surface area contributed by atoms with E-state index in [4.69, 9.17) is 5.11 Å². The maximum absolute atomic E-state index is 12.9. The van der Waals surface area contributed by atoms with Crippen LogP contribution in [-0.4, -0.2) is 16.1 Å². The van der Waals surface area contributed by atoms with E-state index in [1.165, 1.54) is 4.98 Å². The SMILES string of the molecule is O=C(O)Cc1cc(C(F)F)c(=O)[nH]c1F. The predicted molar refractivity (Wildman–Crippen MR) is 43.3 cm³/mol. The third kappa shape index (κ3) is 2.58. The smallest absolute Gasteiger partial charge is 0.307 e. The molecule has 82 valence electrons. The molecule has 15 heavy (non-hydrogen) atoms. The molecule has 1 heterocycles. The van der Waals surface area contributed by atoms with Gasteiger partial charge in [-0.25, -0.2) is 8.78 Å². The molecular formula is C8H6F3NO3. The number of aromatic nitrogens is 1. The Hall–Kier alpha value is -1.79. The highest BCUT2D eigenvalue weighted by atomic mass is 19.3. The molecule has 0 bridgehead atoms. The topological polar surface area (TPSA) is 70.2 Å². The van der Waals surface area contributed by atoms with Crippen molar-refractivity contribution in [1.29, 1.82) is 0 Å². The van der Waals surface area contributed by atoms with Crippen molar-refractivity contribution in [3.63, 3.8) is 0 Å². The van der Waals surface area contributed by atoms with Gasteiger partial charge in [0.1, 0.15) is 0 Å². The number of rotatable bonds is 3. The molecule has 0 unspecified atom stereocenters. The molecule has 0 aromatic carbocycles. The number of pyridine rings is 1. The third-order valence-corrected chi connectivity index (χ3v) is 1.67. The van der Waals surface area contributed by atoms with Crippen LogP contribution in [0.25, 0.3) is 0 Å². The Balaban J connectivity index is 3.23. The number of carbonyl (C=O) groups is 1. The Labute approximate surface area is 81.4 Å². The number of hydrogen-bond acceptors (Lipinski definition) is 2. The maximum atomic E-state index is 12.9. The second-order valence-electron chi connectivity index (χ2n) is 2.76. The molecule has 0 radical (unpaired) electrons. The minimum atomic E-state index is -3.07. The number of aromatic amines is 1. The second kappa shape index (κ2) is 4.16. The first kappa shape index (κ1) is 11.3. The normalized spacial score (nSPS) is 10.7. The van der Waals surface area contributed by atoms with Crippen LogP contribution in [0.15, 0.2) is 10.9 Å². The van der Waals surface area contributed by atoms with E-state index in [2.05, 4.69) is 0 Å². The molecule has 0 fully saturated rings. The molecule has 0 aliphatic carbocycles. The van der Waals surface area contributed by atoms with E-state index >= 15 is 0 Å². The minimum absolute atomic E-state index is 0.475. The maximum Gasteiger partial charge on any atom is 0.307 e. The van der Waals surface area contributed by atoms with E-state index in [0.29, 0.717) is 6.07 Å². The van der Waals surface area contributed by atoms with E-state index in [9.17, 15) is 22.8 Å². The first-order valence-corrected chi connectivity index (χ1v) is 3.83. The highest BCUT2D eigenvalue weighted by Crippen LogP contribution is 2.16. The summed E-state index contributed by atoms with van der Waals surface area (Å²) in [5.74, 6) is -2.58. The van der Waals surface area contributed by atoms with Crippen LogP contribution < -0.4 is 5.56 Å². The Morgan fingerprint density at radius 3 is 2.60 bits per heavy atom. The average molecular weight is 221 g/mol. The van der Waals surface area contributed by atoms with Crippen molar-refractivity contribution >= 4 is 5.97 Å². The minimum Gasteiger partial charge on any atom is -0.481 e. The van der Waals surface area contributed by atoms with Crippen LogP contribution in [0.1, 0.15) is 17.6 Å². The van der Waals surface area contributed by atoms with Gasteiger partial charge in [-0.1, -0.05) is 0 Å². The average Bonchev–Trinajstić information content (AvgIpc) is 2.08. The van der Waals surface area contributed by atoms with Gasteiger partial charge in [0.15, 0.2) is 5.95 Å². The van der Waals surface area contributed by atoms with Gasteiger partial charge < -0.3 is 5.11 Å². The molecule has 0 aliphatic rings. The van der Waals surface area contributed by atoms with Gasteiger partial charge in [0.2, 0.25) is 0 Å². The highest BCUT2D eigenvalue weighted by Gasteiger charge is 2.17. The Morgan fingerprint density at radius 2 is 2.13 bits per heavy atom. The zero-order valence-electron chi connectivity index (χ0n) is 7.26. The van der Waals surface area contributed by atoms with Crippen molar-refractivity contribution in [3.05, 3.63) is 33.5 Å². The number of hydrogen-bond donors (Lipinski definition) is 2. The number of H-pyrrole nitrogens is 1. The molecule has 1 rings (SSSR count). The van der Waals surface area contributed by atoms with Gasteiger partial charge in [-0.2, -0.15) is 4.39 Å². The molecule has 0 saturated carbocycles. The number of carboxylic acids is 1. The van der Waals surface area contributed by atoms with E-state index in [-0.39, 0.29) is 0 Å². The first-order chi connectivity index (χ1) is 6.91. The lowest BCUT2D eigenvalue weighted by Gasteiger charge is -2.03. The Kier molecular flexibility index (Phi) is 3.13. The number of nitrogens with one attached hydrogen (secondary N) is 1. The van der Waals surface area contributed by atoms with Gasteiger partial charge >= 0.3 is 5.97 Å². The molecule has 0 atom stereocenters. The summed E-state index contributed by atoms with van der Waals surface area (Å²) in [5.41, 5.74) is -2.67. The quantitative estimate of drug-likeness (QED) is 0.750. The fourth-order valence-corrected chi connectivity index (χ4v) is 1.02. The van der Waals surface area contributed by atoms with Crippen molar-refractivity contribution in [2.24, 2.45) is 0 Å². The number of aliphatic carboxylic acids is 1. The van der Waals surface area contributed by atoms with Crippen molar-refractivity contribution < 1.29 is 23.1 Å². The summed E-state index contributed by atoms with van der Waals surface area (Å²) in [6, 6.07) is 0.562. The molecule has 1 aromatic heterocycles. The van der Waals surface area contributed by atoms with Crippen molar-refractivity contribution in [2.75, 3.05) is 0 Å². The van der Waals surface area contributed by atoms with Crippen molar-refractivity contribution in [1.82, 2.24) is 4.98 Å². The summed E-state index contributed by atoms with van der Waals surface area (Å²) in [6.45, 7) is 0. The van der Waals surface area contributed by atoms with Gasteiger partial charge in [0.05, 0.1) is 12.0 Å². The lowest BCUT2D eigenvalue weighted by atomic mass is 10.1. The molecule has 0 amide bonds. The third-order valence-electron chi connectivity index (χ3n) is 1.67. The highest BCUT2D eigenvalue weighted by molar-refractivity contribution is 5.70. The standard InChI is InChI=1S/C8H6F3NO3/c9-6(10)4-1-3(2-5(13)14)7(11)12-8(4)15/h1,6H,2H2,(H,12,15)(H,13,14). The molecule has 7 heteroatoms. The Morgan fingerprint density at radius 1 is 1.53 bits per heavy atom. The summed E-state index contributed by atoms with van der Waals surface area (Å²) < 4.78 is 37.3. The molecule has 0 aliphatic heterocycles. The van der Waals surface area contributed by atoms with Gasteiger partial charge in [-0.3, -0.25) is 14.6 Å². The van der Waals surface area contributed by atoms with Crippen LogP contribution in [0, 0.1) is 5.95 Å². The zero-order valence-corrected chi connectivity index (χ0v) is 7.26. The molecule has 1 aromatic rings. The summed E-state index contributed by atoms with van der Waals surface area (Å²) in [7, 11) is 0. The molecule has 0 saturated heterocycles. The molecule has 2 N–H and O–H groups in total. The monoisotopic (exact) mass is 221 g/mol. The lowest BCUT2D eigenvalue weighted by Crippen LogP contribution is -2.17. The first-order valence-electron chi connectivity index (χ1n) is 3.83. The summed E-state index contributed by atoms with van der Waals surface area (Å²) in [4.78, 5) is 22.6. The number of alkyl halides is 2. The van der Waals surface area contributed by atoms with Crippen LogP contribution in [-0.2, 0) is 11.2 Å². The summed E-state index contributed by atoms with van der Waals surface area (Å²) in [6.07, 6.45) is -3.83. The van der Waals surface area contributed by atoms with E-state index < -0.39 is 41.4 Å². The van der Waals surface area contributed by atoms with Crippen LogP contribution in [0.4, 0.5) is 13.2 Å². The molecule has 4 nitrogen and oxygen atoms in total. The fraction of sp³-hybridized carbons (Fsp3) is 0.250. The lowest BCUT2D eigenvalue weighted by molar-refractivity contribution is -0.136. The van der Waals surface area contributed by atoms with Gasteiger partial charge in [-0.05, 0) is 6.07 Å². The van der Waals surface area contributed by atoms with Crippen LogP contribution in [0.2, 0.25) is 0 Å². The zero-order chi connectivity index (χ0) is 11.6. The van der Waals surface area contributed by atoms with Gasteiger partial charge in [0.25, 0.3) is 12.0 Å². The molecule has 0 spiro atoms. The van der Waals surface area contributed by atoms with Crippen molar-refractivity contribution in [2.45, 2.75) is 12.8 Å². The van der Waals surface area contributed by atoms with E-state index in [1.807, 2.05) is 0 Å². The van der Waals surface area contributed by atoms with Gasteiger partial charge in [-0.15, -0.1) is 0 Å². The predicted octanol–water partition coefficient (Wildman–Crippen LogP) is 1.08. The summed E-state index contributed by atoms with van der Waals surface area (Å²) >= 11 is 0. The van der Waals surface area contributed by atoms with Crippen LogP contribution >= 0.6 is 0 Å². The fourth-order valence-electron chi connectivity index (χ4n) is 1.02. The molecular weight excluding hydrogens is 215 g/mol. The number of carboxylic acid groups (broad SMARTS) is 1. The van der Waals surface area contributed by atoms with E-state index in [0.717, 1.165) is 0 Å². The van der Waals surface area contributed by atoms with Crippen LogP contribution in [0.3, 0.4) is 0 Å². The second-order valence-corrected chi connectivity index (χ2v) is 2.76. The Bertz CT molecular complexity index is 441. The van der Waals surface area contributed by atoms with Crippen molar-refractivity contribution in [3.8, 4) is 0 Å². The largest absolute Gasteiger partial charge is 0.481 e. The summed E-state index contributed by atoms with van der Waals surface area (Å²) in [5, 5.41) is 8.34. The van der Waals surface area contributed by atoms with Crippen LogP contribution in [0.5, 0.6) is 0 Å². The van der Waals surface area contributed by atoms with Gasteiger partial charge in [0, 0.05) is 5.56 Å². The number of halogens is 3.